The number of ether oxygens (including phenoxy) is 1. The van der Waals surface area contributed by atoms with E-state index in [1.54, 1.807) is 24.3 Å². The van der Waals surface area contributed by atoms with Crippen molar-refractivity contribution in [2.45, 2.75) is 4.90 Å². The van der Waals surface area contributed by atoms with Crippen molar-refractivity contribution in [3.05, 3.63) is 53.3 Å². The Bertz CT molecular complexity index is 1010. The van der Waals surface area contributed by atoms with Crippen molar-refractivity contribution in [3.63, 3.8) is 0 Å². The molecule has 0 atom stereocenters. The van der Waals surface area contributed by atoms with Crippen molar-refractivity contribution in [2.24, 2.45) is 0 Å². The third-order valence-corrected chi connectivity index (χ3v) is 5.78. The number of methoxy groups -OCH3 is 1. The topological polar surface area (TPSA) is 81.2 Å². The van der Waals surface area contributed by atoms with E-state index in [1.807, 2.05) is 0 Å². The van der Waals surface area contributed by atoms with Gasteiger partial charge < -0.3 is 4.74 Å². The van der Waals surface area contributed by atoms with Crippen LogP contribution in [-0.2, 0) is 10.0 Å². The molecular formula is C15H11ClFN3O3S2. The highest BCUT2D eigenvalue weighted by Crippen LogP contribution is 2.29. The van der Waals surface area contributed by atoms with E-state index in [0.29, 0.717) is 10.0 Å². The molecule has 0 aliphatic carbocycles. The Hall–Kier alpha value is -2.23. The highest BCUT2D eigenvalue weighted by atomic mass is 35.5. The number of hydrogen-bond donors (Lipinski definition) is 1. The van der Waals surface area contributed by atoms with Crippen LogP contribution < -0.4 is 9.46 Å². The normalized spacial score (nSPS) is 11.3. The zero-order valence-corrected chi connectivity index (χ0v) is 15.1. The smallest absolute Gasteiger partial charge is 0.263 e. The van der Waals surface area contributed by atoms with Gasteiger partial charge in [0.25, 0.3) is 10.0 Å². The number of aromatic nitrogens is 2. The number of sulfonamides is 1. The second-order valence-electron chi connectivity index (χ2n) is 4.82. The van der Waals surface area contributed by atoms with Crippen LogP contribution in [0.2, 0.25) is 5.02 Å². The van der Waals surface area contributed by atoms with Crippen molar-refractivity contribution in [2.75, 3.05) is 11.8 Å². The average Bonchev–Trinajstić information content (AvgIpc) is 3.03. The molecule has 0 aliphatic rings. The molecule has 0 saturated carbocycles. The maximum Gasteiger partial charge on any atom is 0.263 e. The molecule has 3 aromatic rings. The summed E-state index contributed by atoms with van der Waals surface area (Å²) in [5.74, 6) is -0.815. The van der Waals surface area contributed by atoms with E-state index >= 15 is 0 Å². The lowest BCUT2D eigenvalue weighted by molar-refractivity contribution is 0.385. The van der Waals surface area contributed by atoms with Gasteiger partial charge in [0, 0.05) is 10.6 Å². The number of hydrogen-bond acceptors (Lipinski definition) is 6. The molecule has 3 rings (SSSR count). The number of nitrogens with zero attached hydrogens (tertiary/aromatic N) is 2. The summed E-state index contributed by atoms with van der Waals surface area (Å²) in [7, 11) is -2.70. The lowest BCUT2D eigenvalue weighted by Crippen LogP contribution is -2.13. The first-order valence-electron chi connectivity index (χ1n) is 6.85. The van der Waals surface area contributed by atoms with Gasteiger partial charge in [0.1, 0.15) is 5.01 Å². The molecule has 0 radical (unpaired) electrons. The second-order valence-corrected chi connectivity index (χ2v) is 7.92. The van der Waals surface area contributed by atoms with Gasteiger partial charge in [0.05, 0.1) is 12.0 Å². The molecule has 0 bridgehead atoms. The Labute approximate surface area is 152 Å². The predicted molar refractivity (Wildman–Crippen MR) is 94.1 cm³/mol. The van der Waals surface area contributed by atoms with Gasteiger partial charge in [-0.1, -0.05) is 35.1 Å². The molecule has 130 valence electrons. The minimum Gasteiger partial charge on any atom is -0.494 e. The molecule has 6 nitrogen and oxygen atoms in total. The molecule has 0 spiro atoms. The van der Waals surface area contributed by atoms with Crippen LogP contribution in [0.15, 0.2) is 47.4 Å². The second kappa shape index (κ2) is 6.95. The van der Waals surface area contributed by atoms with E-state index in [-0.39, 0.29) is 15.8 Å². The van der Waals surface area contributed by atoms with E-state index in [4.69, 9.17) is 16.3 Å². The Kier molecular flexibility index (Phi) is 4.89. The monoisotopic (exact) mass is 399 g/mol. The molecule has 0 unspecified atom stereocenters. The van der Waals surface area contributed by atoms with Gasteiger partial charge in [0.2, 0.25) is 5.13 Å². The molecule has 0 amide bonds. The van der Waals surface area contributed by atoms with Gasteiger partial charge in [0.15, 0.2) is 11.6 Å². The Morgan fingerprint density at radius 3 is 2.52 bits per heavy atom. The fourth-order valence-corrected chi connectivity index (χ4v) is 4.08. The van der Waals surface area contributed by atoms with Crippen LogP contribution in [0.25, 0.3) is 10.6 Å². The molecule has 0 fully saturated rings. The van der Waals surface area contributed by atoms with E-state index < -0.39 is 15.8 Å². The van der Waals surface area contributed by atoms with Crippen LogP contribution in [0.1, 0.15) is 0 Å². The molecule has 1 heterocycles. The largest absolute Gasteiger partial charge is 0.494 e. The van der Waals surface area contributed by atoms with Crippen LogP contribution >= 0.6 is 22.9 Å². The molecule has 25 heavy (non-hydrogen) atoms. The summed E-state index contributed by atoms with van der Waals surface area (Å²) in [5.41, 5.74) is 0.753. The lowest BCUT2D eigenvalue weighted by atomic mass is 10.2. The molecule has 10 heteroatoms. The Morgan fingerprint density at radius 1 is 1.16 bits per heavy atom. The third kappa shape index (κ3) is 3.89. The van der Waals surface area contributed by atoms with Gasteiger partial charge in [-0.25, -0.2) is 12.8 Å². The minimum atomic E-state index is -4.00. The zero-order valence-electron chi connectivity index (χ0n) is 12.7. The molecule has 0 aliphatic heterocycles. The first kappa shape index (κ1) is 17.6. The predicted octanol–water partition coefficient (Wildman–Crippen LogP) is 3.81. The number of anilines is 1. The summed E-state index contributed by atoms with van der Waals surface area (Å²) in [4.78, 5) is -0.242. The van der Waals surface area contributed by atoms with E-state index in [9.17, 15) is 12.8 Å². The SMILES string of the molecule is COc1ccc(S(=O)(=O)Nc2nnc(-c3ccc(Cl)cc3)s2)cc1F. The fraction of sp³-hybridized carbons (Fsp3) is 0.0667. The van der Waals surface area contributed by atoms with Crippen LogP contribution in [0.5, 0.6) is 5.75 Å². The number of rotatable bonds is 5. The molecule has 2 aromatic carbocycles. The van der Waals surface area contributed by atoms with Gasteiger partial charge in [-0.15, -0.1) is 10.2 Å². The lowest BCUT2D eigenvalue weighted by Gasteiger charge is -2.06. The van der Waals surface area contributed by atoms with Gasteiger partial charge in [-0.2, -0.15) is 0 Å². The molecule has 1 aromatic heterocycles. The Morgan fingerprint density at radius 2 is 1.88 bits per heavy atom. The summed E-state index contributed by atoms with van der Waals surface area (Å²) >= 11 is 6.88. The van der Waals surface area contributed by atoms with E-state index in [1.165, 1.54) is 19.2 Å². The molecule has 0 saturated heterocycles. The number of nitrogens with one attached hydrogen (secondary N) is 1. The quantitative estimate of drug-likeness (QED) is 0.705. The summed E-state index contributed by atoms with van der Waals surface area (Å²) in [6.07, 6.45) is 0. The summed E-state index contributed by atoms with van der Waals surface area (Å²) in [5, 5.41) is 8.93. The van der Waals surface area contributed by atoms with Gasteiger partial charge in [-0.05, 0) is 30.3 Å². The summed E-state index contributed by atoms with van der Waals surface area (Å²) in [6, 6.07) is 10.3. The molecular weight excluding hydrogens is 389 g/mol. The van der Waals surface area contributed by atoms with Crippen molar-refractivity contribution in [1.29, 1.82) is 0 Å². The average molecular weight is 400 g/mol. The van der Waals surface area contributed by atoms with E-state index in [0.717, 1.165) is 23.0 Å². The summed E-state index contributed by atoms with van der Waals surface area (Å²) in [6.45, 7) is 0. The zero-order chi connectivity index (χ0) is 18.0. The van der Waals surface area contributed by atoms with Gasteiger partial charge in [-0.3, -0.25) is 4.72 Å². The van der Waals surface area contributed by atoms with Crippen LogP contribution in [0.4, 0.5) is 9.52 Å². The van der Waals surface area contributed by atoms with E-state index in [2.05, 4.69) is 14.9 Å². The highest BCUT2D eigenvalue weighted by Gasteiger charge is 2.19. The first-order valence-corrected chi connectivity index (χ1v) is 9.52. The van der Waals surface area contributed by atoms with Crippen molar-refractivity contribution < 1.29 is 17.5 Å². The third-order valence-electron chi connectivity index (χ3n) is 3.17. The maximum atomic E-state index is 13.7. The summed E-state index contributed by atoms with van der Waals surface area (Å²) < 4.78 is 45.5. The highest BCUT2D eigenvalue weighted by molar-refractivity contribution is 7.93. The Balaban J connectivity index is 1.84. The van der Waals surface area contributed by atoms with Crippen molar-refractivity contribution in [1.82, 2.24) is 10.2 Å². The number of benzene rings is 2. The standard InChI is InChI=1S/C15H11ClFN3O3S2/c1-23-13-7-6-11(8-12(13)17)25(21,22)20-15-19-18-14(24-15)9-2-4-10(16)5-3-9/h2-8H,1H3,(H,19,20). The van der Waals surface area contributed by atoms with Crippen molar-refractivity contribution in [3.8, 4) is 16.3 Å². The van der Waals surface area contributed by atoms with Crippen LogP contribution in [0.3, 0.4) is 0 Å². The van der Waals surface area contributed by atoms with Crippen LogP contribution in [0, 0.1) is 5.82 Å². The minimum absolute atomic E-state index is 0.0418. The van der Waals surface area contributed by atoms with Crippen LogP contribution in [-0.4, -0.2) is 25.7 Å². The van der Waals surface area contributed by atoms with Crippen molar-refractivity contribution >= 4 is 38.1 Å². The number of halogens is 2. The maximum absolute atomic E-state index is 13.7. The fourth-order valence-electron chi connectivity index (χ4n) is 1.96. The first-order chi connectivity index (χ1) is 11.9. The van der Waals surface area contributed by atoms with Gasteiger partial charge >= 0.3 is 0 Å². The molecule has 1 N–H and O–H groups in total.